The van der Waals surface area contributed by atoms with Crippen molar-refractivity contribution in [1.82, 2.24) is 0 Å². The Morgan fingerprint density at radius 1 is 0.378 bits per heavy atom. The first-order chi connectivity index (χ1) is 22.2. The summed E-state index contributed by atoms with van der Waals surface area (Å²) in [6, 6.07) is 63.8. The molecule has 0 aliphatic heterocycles. The van der Waals surface area contributed by atoms with Crippen LogP contribution < -0.4 is 5.32 Å². The Balaban J connectivity index is 1.23. The Labute approximate surface area is 273 Å². The van der Waals surface area contributed by atoms with E-state index in [1.807, 2.05) is 12.1 Å². The van der Waals surface area contributed by atoms with Gasteiger partial charge in [-0.05, 0) is 98.1 Å². The van der Waals surface area contributed by atoms with Crippen LogP contribution in [0.2, 0.25) is 0 Å². The van der Waals surface area contributed by atoms with Crippen LogP contribution in [0.1, 0.15) is 22.3 Å². The smallest absolute Gasteiger partial charge is 0.0713 e. The summed E-state index contributed by atoms with van der Waals surface area (Å²) in [5.41, 5.74) is 14.3. The molecule has 45 heavy (non-hydrogen) atoms. The molecule has 1 N–H and O–H groups in total. The van der Waals surface area contributed by atoms with Gasteiger partial charge in [0.1, 0.15) is 0 Å². The summed E-state index contributed by atoms with van der Waals surface area (Å²) in [6.45, 7) is 0. The first kappa shape index (κ1) is 27.4. The van der Waals surface area contributed by atoms with E-state index >= 15 is 0 Å². The van der Waals surface area contributed by atoms with Gasteiger partial charge in [-0.15, -0.1) is 0 Å². The van der Waals surface area contributed by atoms with E-state index in [2.05, 4.69) is 185 Å². The van der Waals surface area contributed by atoms with Crippen LogP contribution in [0, 0.1) is 0 Å². The van der Waals surface area contributed by atoms with Gasteiger partial charge in [-0.2, -0.15) is 0 Å². The highest BCUT2D eigenvalue weighted by atomic mass is 79.9. The van der Waals surface area contributed by atoms with Crippen LogP contribution >= 0.6 is 15.9 Å². The molecule has 7 aromatic carbocycles. The van der Waals surface area contributed by atoms with Crippen LogP contribution in [0.3, 0.4) is 0 Å². The second-order valence-electron chi connectivity index (χ2n) is 11.6. The zero-order chi connectivity index (χ0) is 30.2. The Morgan fingerprint density at radius 2 is 0.867 bits per heavy atom. The molecule has 0 amide bonds. The van der Waals surface area contributed by atoms with Crippen molar-refractivity contribution in [2.45, 2.75) is 5.41 Å². The highest BCUT2D eigenvalue weighted by molar-refractivity contribution is 9.10. The number of anilines is 2. The van der Waals surface area contributed by atoms with Crippen molar-refractivity contribution in [2.24, 2.45) is 0 Å². The molecule has 1 nitrogen and oxygen atoms in total. The maximum atomic E-state index is 3.51. The minimum Gasteiger partial charge on any atom is -0.356 e. The van der Waals surface area contributed by atoms with Crippen LogP contribution in [0.5, 0.6) is 0 Å². The average molecular weight is 641 g/mol. The molecule has 0 bridgehead atoms. The Morgan fingerprint density at radius 3 is 1.56 bits per heavy atom. The molecule has 0 saturated heterocycles. The molecular formula is C43H30BrN. The molecule has 2 heteroatoms. The van der Waals surface area contributed by atoms with Crippen molar-refractivity contribution in [2.75, 3.05) is 5.32 Å². The van der Waals surface area contributed by atoms with E-state index in [1.165, 1.54) is 55.6 Å². The highest BCUT2D eigenvalue weighted by Crippen LogP contribution is 2.56. The van der Waals surface area contributed by atoms with Gasteiger partial charge >= 0.3 is 0 Å². The number of nitrogens with one attached hydrogen (secondary N) is 1. The lowest BCUT2D eigenvalue weighted by atomic mass is 9.67. The van der Waals surface area contributed by atoms with E-state index in [0.29, 0.717) is 0 Å². The molecule has 8 rings (SSSR count). The van der Waals surface area contributed by atoms with Crippen molar-refractivity contribution in [3.05, 3.63) is 203 Å². The van der Waals surface area contributed by atoms with Gasteiger partial charge < -0.3 is 5.32 Å². The highest BCUT2D eigenvalue weighted by Gasteiger charge is 2.46. The van der Waals surface area contributed by atoms with Crippen molar-refractivity contribution in [3.8, 4) is 33.4 Å². The zero-order valence-electron chi connectivity index (χ0n) is 24.6. The Kier molecular flexibility index (Phi) is 6.93. The number of benzene rings is 7. The number of hydrogen-bond acceptors (Lipinski definition) is 1. The molecule has 1 aliphatic carbocycles. The third kappa shape index (κ3) is 4.79. The molecule has 0 heterocycles. The van der Waals surface area contributed by atoms with Crippen LogP contribution in [-0.2, 0) is 5.41 Å². The summed E-state index contributed by atoms with van der Waals surface area (Å²) in [5.74, 6) is 0. The third-order valence-electron chi connectivity index (χ3n) is 9.03. The molecule has 0 aromatic heterocycles. The lowest BCUT2D eigenvalue weighted by Crippen LogP contribution is -2.28. The van der Waals surface area contributed by atoms with Gasteiger partial charge in [-0.25, -0.2) is 0 Å². The standard InChI is InChI=1S/C43H30BrN/c44-36-22-26-38(27-23-36)45-37-24-17-32(18-25-37)31-15-20-35(21-16-31)43(34-11-5-2-6-12-34)41-14-8-7-13-39(41)40-28-19-33(29-42(40)43)30-9-3-1-4-10-30/h1-29,45H. The number of rotatable bonds is 6. The predicted octanol–water partition coefficient (Wildman–Crippen LogP) is 11.9. The van der Waals surface area contributed by atoms with Crippen molar-refractivity contribution in [1.29, 1.82) is 0 Å². The second-order valence-corrected chi connectivity index (χ2v) is 12.5. The third-order valence-corrected chi connectivity index (χ3v) is 9.56. The first-order valence-electron chi connectivity index (χ1n) is 15.3. The van der Waals surface area contributed by atoms with E-state index < -0.39 is 5.41 Å². The summed E-state index contributed by atoms with van der Waals surface area (Å²) in [5, 5.41) is 3.49. The van der Waals surface area contributed by atoms with Crippen LogP contribution in [0.4, 0.5) is 11.4 Å². The summed E-state index contributed by atoms with van der Waals surface area (Å²) in [6.07, 6.45) is 0. The fraction of sp³-hybridized carbons (Fsp3) is 0.0233. The van der Waals surface area contributed by atoms with Gasteiger partial charge in [0.15, 0.2) is 0 Å². The van der Waals surface area contributed by atoms with E-state index in [9.17, 15) is 0 Å². The normalized spacial score (nSPS) is 14.9. The van der Waals surface area contributed by atoms with E-state index in [0.717, 1.165) is 15.8 Å². The summed E-state index contributed by atoms with van der Waals surface area (Å²) >= 11 is 3.51. The minimum absolute atomic E-state index is 0.436. The van der Waals surface area contributed by atoms with E-state index in [1.54, 1.807) is 0 Å². The quantitative estimate of drug-likeness (QED) is 0.191. The maximum Gasteiger partial charge on any atom is 0.0713 e. The predicted molar refractivity (Wildman–Crippen MR) is 192 cm³/mol. The number of fused-ring (bicyclic) bond motifs is 3. The van der Waals surface area contributed by atoms with Gasteiger partial charge in [0.2, 0.25) is 0 Å². The summed E-state index contributed by atoms with van der Waals surface area (Å²) < 4.78 is 1.07. The van der Waals surface area contributed by atoms with Crippen molar-refractivity contribution >= 4 is 27.3 Å². The minimum atomic E-state index is -0.436. The molecule has 0 saturated carbocycles. The Bertz CT molecular complexity index is 2100. The zero-order valence-corrected chi connectivity index (χ0v) is 26.2. The monoisotopic (exact) mass is 639 g/mol. The van der Waals surface area contributed by atoms with E-state index in [4.69, 9.17) is 0 Å². The van der Waals surface area contributed by atoms with Crippen LogP contribution in [0.25, 0.3) is 33.4 Å². The number of halogens is 1. The fourth-order valence-corrected chi connectivity index (χ4v) is 7.19. The number of hydrogen-bond donors (Lipinski definition) is 1. The molecule has 0 fully saturated rings. The SMILES string of the molecule is Brc1ccc(Nc2ccc(-c3ccc(C4(c5ccccc5)c5ccccc5-c5ccc(-c6ccccc6)cc54)cc3)cc2)cc1. The largest absolute Gasteiger partial charge is 0.356 e. The maximum absolute atomic E-state index is 3.51. The Hall–Kier alpha value is -5.18. The molecule has 0 radical (unpaired) electrons. The van der Waals surface area contributed by atoms with E-state index in [-0.39, 0.29) is 0 Å². The van der Waals surface area contributed by atoms with Gasteiger partial charge in [0, 0.05) is 15.8 Å². The van der Waals surface area contributed by atoms with Gasteiger partial charge in [-0.1, -0.05) is 149 Å². The summed E-state index contributed by atoms with van der Waals surface area (Å²) in [4.78, 5) is 0. The average Bonchev–Trinajstić information content (AvgIpc) is 3.41. The fourth-order valence-electron chi connectivity index (χ4n) is 6.93. The molecule has 214 valence electrons. The molecular weight excluding hydrogens is 610 g/mol. The molecule has 1 atom stereocenters. The van der Waals surface area contributed by atoms with Gasteiger partial charge in [-0.3, -0.25) is 0 Å². The molecule has 1 unspecified atom stereocenters. The summed E-state index contributed by atoms with van der Waals surface area (Å²) in [7, 11) is 0. The van der Waals surface area contributed by atoms with Crippen molar-refractivity contribution < 1.29 is 0 Å². The molecule has 1 aliphatic rings. The van der Waals surface area contributed by atoms with Crippen LogP contribution in [0.15, 0.2) is 180 Å². The van der Waals surface area contributed by atoms with Gasteiger partial charge in [0.25, 0.3) is 0 Å². The van der Waals surface area contributed by atoms with Crippen molar-refractivity contribution in [3.63, 3.8) is 0 Å². The molecule has 0 spiro atoms. The first-order valence-corrected chi connectivity index (χ1v) is 16.1. The lowest BCUT2D eigenvalue weighted by Gasteiger charge is -2.34. The second kappa shape index (κ2) is 11.4. The topological polar surface area (TPSA) is 12.0 Å². The van der Waals surface area contributed by atoms with Gasteiger partial charge in [0.05, 0.1) is 5.41 Å². The molecule has 7 aromatic rings. The lowest BCUT2D eigenvalue weighted by molar-refractivity contribution is 0.769. The van der Waals surface area contributed by atoms with Crippen LogP contribution in [-0.4, -0.2) is 0 Å².